The first-order valence-electron chi connectivity index (χ1n) is 8.94. The monoisotopic (exact) mass is 387 g/mol. The molecule has 0 fully saturated rings. The second-order valence-electron chi connectivity index (χ2n) is 6.48. The van der Waals surface area contributed by atoms with Crippen molar-refractivity contribution in [1.82, 2.24) is 19.4 Å². The van der Waals surface area contributed by atoms with Crippen molar-refractivity contribution < 1.29 is 9.59 Å². The van der Waals surface area contributed by atoms with Crippen LogP contribution in [0.1, 0.15) is 17.3 Å². The highest BCUT2D eigenvalue weighted by molar-refractivity contribution is 5.95. The van der Waals surface area contributed by atoms with Gasteiger partial charge in [-0.25, -0.2) is 9.48 Å². The van der Waals surface area contributed by atoms with Gasteiger partial charge in [0.2, 0.25) is 5.91 Å². The van der Waals surface area contributed by atoms with E-state index in [9.17, 15) is 14.4 Å². The molecule has 0 radical (unpaired) electrons. The van der Waals surface area contributed by atoms with Gasteiger partial charge in [0.05, 0.1) is 5.69 Å². The molecule has 0 atom stereocenters. The summed E-state index contributed by atoms with van der Waals surface area (Å²) >= 11 is 0. The van der Waals surface area contributed by atoms with Crippen LogP contribution in [0.5, 0.6) is 0 Å². The van der Waals surface area contributed by atoms with Crippen LogP contribution in [0.3, 0.4) is 0 Å². The van der Waals surface area contributed by atoms with Crippen LogP contribution >= 0.6 is 0 Å². The molecular weight excluding hydrogens is 370 g/mol. The number of rotatable bonds is 5. The molecule has 8 nitrogen and oxygen atoms in total. The molecule has 29 heavy (non-hydrogen) atoms. The normalized spacial score (nSPS) is 10.8. The lowest BCUT2D eigenvalue weighted by Gasteiger charge is -2.05. The predicted octanol–water partition coefficient (Wildman–Crippen LogP) is 2.40. The number of nitrogens with one attached hydrogen (secondary N) is 1. The molecule has 0 aliphatic heterocycles. The SMILES string of the molecule is CC(=O)c1ccc(NC(=O)Cn2nc3ccc(-c4ccccc4)nn3c2=O)cc1. The maximum Gasteiger partial charge on any atom is 0.367 e. The van der Waals surface area contributed by atoms with E-state index in [2.05, 4.69) is 15.5 Å². The molecule has 0 spiro atoms. The van der Waals surface area contributed by atoms with Crippen LogP contribution in [0, 0.1) is 0 Å². The summed E-state index contributed by atoms with van der Waals surface area (Å²) in [5.74, 6) is -0.462. The smallest absolute Gasteiger partial charge is 0.324 e. The molecule has 8 heteroatoms. The summed E-state index contributed by atoms with van der Waals surface area (Å²) < 4.78 is 2.24. The molecule has 4 aromatic rings. The van der Waals surface area contributed by atoms with E-state index in [0.29, 0.717) is 22.6 Å². The van der Waals surface area contributed by atoms with Crippen molar-refractivity contribution in [3.05, 3.63) is 82.8 Å². The minimum atomic E-state index is -0.500. The number of hydrogen-bond acceptors (Lipinski definition) is 5. The van der Waals surface area contributed by atoms with E-state index in [1.807, 2.05) is 30.3 Å². The Morgan fingerprint density at radius 3 is 2.34 bits per heavy atom. The van der Waals surface area contributed by atoms with Crippen molar-refractivity contribution in [3.63, 3.8) is 0 Å². The van der Waals surface area contributed by atoms with E-state index in [-0.39, 0.29) is 12.3 Å². The molecule has 0 saturated carbocycles. The lowest BCUT2D eigenvalue weighted by molar-refractivity contribution is -0.117. The number of amides is 1. The van der Waals surface area contributed by atoms with Crippen LogP contribution < -0.4 is 11.0 Å². The second-order valence-corrected chi connectivity index (χ2v) is 6.48. The zero-order chi connectivity index (χ0) is 20.4. The highest BCUT2D eigenvalue weighted by atomic mass is 16.2. The summed E-state index contributed by atoms with van der Waals surface area (Å²) in [5.41, 5.74) is 2.45. The second kappa shape index (κ2) is 7.51. The Morgan fingerprint density at radius 1 is 0.931 bits per heavy atom. The molecule has 2 aromatic carbocycles. The number of carbonyl (C=O) groups is 2. The van der Waals surface area contributed by atoms with Gasteiger partial charge in [0.1, 0.15) is 6.54 Å². The largest absolute Gasteiger partial charge is 0.367 e. The van der Waals surface area contributed by atoms with Crippen molar-refractivity contribution in [1.29, 1.82) is 0 Å². The number of aromatic nitrogens is 4. The molecule has 0 aliphatic carbocycles. The van der Waals surface area contributed by atoms with Gasteiger partial charge in [0.25, 0.3) is 0 Å². The first kappa shape index (κ1) is 18.3. The molecule has 1 amide bonds. The zero-order valence-corrected chi connectivity index (χ0v) is 15.6. The van der Waals surface area contributed by atoms with Crippen molar-refractivity contribution >= 4 is 23.0 Å². The number of fused-ring (bicyclic) bond motifs is 1. The number of carbonyl (C=O) groups excluding carboxylic acids is 2. The highest BCUT2D eigenvalue weighted by Gasteiger charge is 2.13. The Bertz CT molecular complexity index is 1260. The fourth-order valence-electron chi connectivity index (χ4n) is 2.90. The minimum absolute atomic E-state index is 0.0542. The summed E-state index contributed by atoms with van der Waals surface area (Å²) in [4.78, 5) is 36.2. The lowest BCUT2D eigenvalue weighted by Crippen LogP contribution is -2.28. The van der Waals surface area contributed by atoms with Gasteiger partial charge in [-0.2, -0.15) is 9.61 Å². The Hall–Kier alpha value is -4.07. The van der Waals surface area contributed by atoms with Crippen molar-refractivity contribution in [3.8, 4) is 11.3 Å². The molecule has 144 valence electrons. The average molecular weight is 387 g/mol. The molecule has 0 unspecified atom stereocenters. The number of hydrogen-bond donors (Lipinski definition) is 1. The van der Waals surface area contributed by atoms with Gasteiger partial charge in [-0.3, -0.25) is 9.59 Å². The Kier molecular flexibility index (Phi) is 4.74. The number of ketones is 1. The maximum absolute atomic E-state index is 12.6. The first-order valence-corrected chi connectivity index (χ1v) is 8.94. The first-order chi connectivity index (χ1) is 14.0. The lowest BCUT2D eigenvalue weighted by atomic mass is 10.1. The van der Waals surface area contributed by atoms with Crippen LogP contribution in [-0.4, -0.2) is 31.1 Å². The van der Waals surface area contributed by atoms with E-state index < -0.39 is 11.6 Å². The van der Waals surface area contributed by atoms with Gasteiger partial charge in [0, 0.05) is 16.8 Å². The summed E-state index contributed by atoms with van der Waals surface area (Å²) in [6.07, 6.45) is 0. The van der Waals surface area contributed by atoms with Gasteiger partial charge in [-0.1, -0.05) is 30.3 Å². The van der Waals surface area contributed by atoms with Gasteiger partial charge in [0.15, 0.2) is 11.4 Å². The van der Waals surface area contributed by atoms with Gasteiger partial charge < -0.3 is 5.32 Å². The molecular formula is C21H17N5O3. The third-order valence-electron chi connectivity index (χ3n) is 4.38. The minimum Gasteiger partial charge on any atom is -0.324 e. The molecule has 2 aromatic heterocycles. The molecule has 2 heterocycles. The summed E-state index contributed by atoms with van der Waals surface area (Å²) in [6.45, 7) is 1.22. The highest BCUT2D eigenvalue weighted by Crippen LogP contribution is 2.15. The Balaban J connectivity index is 1.54. The molecule has 0 saturated heterocycles. The fourth-order valence-corrected chi connectivity index (χ4v) is 2.90. The third-order valence-corrected chi connectivity index (χ3v) is 4.38. The van der Waals surface area contributed by atoms with E-state index in [0.717, 1.165) is 10.2 Å². The number of benzene rings is 2. The standard InChI is InChI=1S/C21H17N5O3/c1-14(27)15-7-9-17(10-8-15)22-20(28)13-25-21(29)26-19(24-25)12-11-18(23-26)16-5-3-2-4-6-16/h2-12H,13H2,1H3,(H,22,28). The summed E-state index contributed by atoms with van der Waals surface area (Å²) in [7, 11) is 0. The van der Waals surface area contributed by atoms with E-state index in [4.69, 9.17) is 0 Å². The third kappa shape index (κ3) is 3.81. The topological polar surface area (TPSA) is 98.4 Å². The number of anilines is 1. The maximum atomic E-state index is 12.6. The quantitative estimate of drug-likeness (QED) is 0.530. The van der Waals surface area contributed by atoms with Crippen molar-refractivity contribution in [2.75, 3.05) is 5.32 Å². The van der Waals surface area contributed by atoms with Crippen LogP contribution in [0.25, 0.3) is 16.9 Å². The molecule has 0 aliphatic rings. The molecule has 0 bridgehead atoms. The molecule has 4 rings (SSSR count). The Labute approximate surface area is 165 Å². The van der Waals surface area contributed by atoms with Gasteiger partial charge in [-0.15, -0.1) is 5.10 Å². The van der Waals surface area contributed by atoms with Crippen LogP contribution in [-0.2, 0) is 11.3 Å². The van der Waals surface area contributed by atoms with Crippen molar-refractivity contribution in [2.24, 2.45) is 0 Å². The van der Waals surface area contributed by atoms with Crippen molar-refractivity contribution in [2.45, 2.75) is 13.5 Å². The summed E-state index contributed by atoms with van der Waals surface area (Å²) in [6, 6.07) is 19.5. The fraction of sp³-hybridized carbons (Fsp3) is 0.0952. The van der Waals surface area contributed by atoms with E-state index in [1.54, 1.807) is 36.4 Å². The van der Waals surface area contributed by atoms with Crippen LogP contribution in [0.15, 0.2) is 71.5 Å². The average Bonchev–Trinajstić information content (AvgIpc) is 3.04. The van der Waals surface area contributed by atoms with Crippen LogP contribution in [0.2, 0.25) is 0 Å². The summed E-state index contributed by atoms with van der Waals surface area (Å²) in [5, 5.41) is 11.2. The number of Topliss-reactive ketones (excluding diaryl/α,β-unsaturated/α-hetero) is 1. The molecule has 1 N–H and O–H groups in total. The predicted molar refractivity (Wildman–Crippen MR) is 108 cm³/mol. The van der Waals surface area contributed by atoms with E-state index >= 15 is 0 Å². The zero-order valence-electron chi connectivity index (χ0n) is 15.6. The Morgan fingerprint density at radius 2 is 1.66 bits per heavy atom. The number of nitrogens with zero attached hydrogens (tertiary/aromatic N) is 4. The van der Waals surface area contributed by atoms with Crippen LogP contribution in [0.4, 0.5) is 5.69 Å². The van der Waals surface area contributed by atoms with E-state index in [1.165, 1.54) is 11.4 Å². The van der Waals surface area contributed by atoms with Gasteiger partial charge in [-0.05, 0) is 43.3 Å². The van der Waals surface area contributed by atoms with Gasteiger partial charge >= 0.3 is 5.69 Å².